The van der Waals surface area contributed by atoms with Gasteiger partial charge in [-0.3, -0.25) is 4.79 Å². The minimum Gasteiger partial charge on any atom is -0.449 e. The van der Waals surface area contributed by atoms with Crippen molar-refractivity contribution in [1.29, 1.82) is 0 Å². The summed E-state index contributed by atoms with van der Waals surface area (Å²) in [6.45, 7) is 3.47. The molecule has 0 aromatic heterocycles. The minimum atomic E-state index is -0.897. The lowest BCUT2D eigenvalue weighted by Gasteiger charge is -2.15. The van der Waals surface area contributed by atoms with Crippen molar-refractivity contribution in [3.63, 3.8) is 0 Å². The maximum atomic E-state index is 12.5. The normalized spacial score (nSPS) is 11.8. The van der Waals surface area contributed by atoms with Crippen molar-refractivity contribution in [2.24, 2.45) is 0 Å². The van der Waals surface area contributed by atoms with Crippen LogP contribution in [0.3, 0.4) is 0 Å². The molecule has 0 bridgehead atoms. The first-order chi connectivity index (χ1) is 12.1. The molecule has 3 aromatic carbocycles. The monoisotopic (exact) mass is 333 g/mol. The van der Waals surface area contributed by atoms with Gasteiger partial charge < -0.3 is 10.1 Å². The van der Waals surface area contributed by atoms with Crippen LogP contribution in [0.15, 0.2) is 66.7 Å². The molecular formula is C21H19NO3. The first kappa shape index (κ1) is 16.7. The molecule has 0 saturated heterocycles. The van der Waals surface area contributed by atoms with E-state index in [2.05, 4.69) is 5.32 Å². The topological polar surface area (TPSA) is 55.4 Å². The lowest BCUT2D eigenvalue weighted by atomic mass is 10.0. The van der Waals surface area contributed by atoms with Gasteiger partial charge in [0.05, 0.1) is 5.56 Å². The van der Waals surface area contributed by atoms with Crippen molar-refractivity contribution < 1.29 is 14.3 Å². The Labute approximate surface area is 146 Å². The second kappa shape index (κ2) is 7.18. The van der Waals surface area contributed by atoms with E-state index in [0.29, 0.717) is 11.3 Å². The third-order valence-corrected chi connectivity index (χ3v) is 4.07. The molecule has 0 radical (unpaired) electrons. The van der Waals surface area contributed by atoms with E-state index in [0.717, 1.165) is 16.3 Å². The molecule has 0 aliphatic carbocycles. The van der Waals surface area contributed by atoms with Gasteiger partial charge in [-0.2, -0.15) is 0 Å². The molecule has 0 fully saturated rings. The Morgan fingerprint density at radius 3 is 2.40 bits per heavy atom. The molecule has 126 valence electrons. The molecule has 3 aromatic rings. The Hall–Kier alpha value is -3.14. The number of carbonyl (C=O) groups excluding carboxylic acids is 2. The Morgan fingerprint density at radius 2 is 1.60 bits per heavy atom. The highest BCUT2D eigenvalue weighted by Crippen LogP contribution is 2.20. The van der Waals surface area contributed by atoms with Crippen molar-refractivity contribution in [2.75, 3.05) is 5.32 Å². The number of hydrogen-bond donors (Lipinski definition) is 1. The fourth-order valence-electron chi connectivity index (χ4n) is 2.63. The fourth-order valence-corrected chi connectivity index (χ4v) is 2.63. The van der Waals surface area contributed by atoms with Gasteiger partial charge in [0.2, 0.25) is 0 Å². The highest BCUT2D eigenvalue weighted by Gasteiger charge is 2.20. The molecule has 1 N–H and O–H groups in total. The van der Waals surface area contributed by atoms with Crippen molar-refractivity contribution in [1.82, 2.24) is 0 Å². The average molecular weight is 333 g/mol. The Bertz CT molecular complexity index is 928. The number of rotatable bonds is 4. The molecule has 0 aliphatic heterocycles. The summed E-state index contributed by atoms with van der Waals surface area (Å²) in [4.78, 5) is 24.8. The molecule has 1 atom stereocenters. The number of amides is 1. The van der Waals surface area contributed by atoms with Crippen LogP contribution in [0, 0.1) is 6.92 Å². The summed E-state index contributed by atoms with van der Waals surface area (Å²) in [5.41, 5.74) is 2.11. The van der Waals surface area contributed by atoms with Crippen molar-refractivity contribution >= 4 is 28.3 Å². The fraction of sp³-hybridized carbons (Fsp3) is 0.143. The number of hydrogen-bond acceptors (Lipinski definition) is 3. The molecule has 3 rings (SSSR count). The van der Waals surface area contributed by atoms with Crippen LogP contribution in [0.25, 0.3) is 10.8 Å². The predicted octanol–water partition coefficient (Wildman–Crippen LogP) is 4.33. The van der Waals surface area contributed by atoms with E-state index in [4.69, 9.17) is 4.74 Å². The maximum Gasteiger partial charge on any atom is 0.339 e. The number of carbonyl (C=O) groups is 2. The lowest BCUT2D eigenvalue weighted by Crippen LogP contribution is -2.30. The summed E-state index contributed by atoms with van der Waals surface area (Å²) in [5, 5.41) is 4.55. The van der Waals surface area contributed by atoms with E-state index in [1.54, 1.807) is 19.1 Å². The number of aryl methyl sites for hydroxylation is 1. The molecule has 0 unspecified atom stereocenters. The van der Waals surface area contributed by atoms with E-state index in [1.165, 1.54) is 0 Å². The summed E-state index contributed by atoms with van der Waals surface area (Å²) in [6, 6.07) is 20.5. The largest absolute Gasteiger partial charge is 0.449 e. The third-order valence-electron chi connectivity index (χ3n) is 4.07. The molecule has 4 nitrogen and oxygen atoms in total. The summed E-state index contributed by atoms with van der Waals surface area (Å²) in [7, 11) is 0. The highest BCUT2D eigenvalue weighted by atomic mass is 16.5. The lowest BCUT2D eigenvalue weighted by molar-refractivity contribution is -0.123. The number of fused-ring (bicyclic) bond motifs is 1. The molecule has 25 heavy (non-hydrogen) atoms. The standard InChI is InChI=1S/C21H19NO3/c1-14-8-3-6-13-19(14)22-20(23)15(2)25-21(24)18-12-7-10-16-9-4-5-11-17(16)18/h3-13,15H,1-2H3,(H,22,23)/t15-/m0/s1. The van der Waals surface area contributed by atoms with Crippen LogP contribution < -0.4 is 5.32 Å². The second-order valence-electron chi connectivity index (χ2n) is 5.88. The van der Waals surface area contributed by atoms with Crippen LogP contribution in [0.2, 0.25) is 0 Å². The predicted molar refractivity (Wildman–Crippen MR) is 98.6 cm³/mol. The number of esters is 1. The SMILES string of the molecule is Cc1ccccc1NC(=O)[C@H](C)OC(=O)c1cccc2ccccc12. The zero-order valence-corrected chi connectivity index (χ0v) is 14.2. The van der Waals surface area contributed by atoms with E-state index in [1.807, 2.05) is 61.5 Å². The Balaban J connectivity index is 1.74. The zero-order chi connectivity index (χ0) is 17.8. The van der Waals surface area contributed by atoms with Crippen LogP contribution >= 0.6 is 0 Å². The quantitative estimate of drug-likeness (QED) is 0.723. The number of benzene rings is 3. The third kappa shape index (κ3) is 3.69. The molecule has 0 spiro atoms. The van der Waals surface area contributed by atoms with Crippen molar-refractivity contribution in [3.05, 3.63) is 77.9 Å². The average Bonchev–Trinajstić information content (AvgIpc) is 2.63. The number of para-hydroxylation sites is 1. The van der Waals surface area contributed by atoms with Crippen LogP contribution in [0.1, 0.15) is 22.8 Å². The minimum absolute atomic E-state index is 0.358. The van der Waals surface area contributed by atoms with Crippen molar-refractivity contribution in [3.8, 4) is 0 Å². The van der Waals surface area contributed by atoms with Gasteiger partial charge in [0.25, 0.3) is 5.91 Å². The highest BCUT2D eigenvalue weighted by molar-refractivity contribution is 6.05. The smallest absolute Gasteiger partial charge is 0.339 e. The van der Waals surface area contributed by atoms with Crippen molar-refractivity contribution in [2.45, 2.75) is 20.0 Å². The zero-order valence-electron chi connectivity index (χ0n) is 14.2. The second-order valence-corrected chi connectivity index (χ2v) is 5.88. The van der Waals surface area contributed by atoms with Gasteiger partial charge in [0.15, 0.2) is 6.10 Å². The summed E-state index contributed by atoms with van der Waals surface area (Å²) < 4.78 is 5.37. The van der Waals surface area contributed by atoms with E-state index in [9.17, 15) is 9.59 Å². The van der Waals surface area contributed by atoms with E-state index < -0.39 is 12.1 Å². The van der Waals surface area contributed by atoms with E-state index in [-0.39, 0.29) is 5.91 Å². The molecule has 1 amide bonds. The maximum absolute atomic E-state index is 12.5. The van der Waals surface area contributed by atoms with Gasteiger partial charge in [-0.05, 0) is 42.3 Å². The number of anilines is 1. The van der Waals surface area contributed by atoms with Gasteiger partial charge in [-0.15, -0.1) is 0 Å². The van der Waals surface area contributed by atoms with E-state index >= 15 is 0 Å². The van der Waals surface area contributed by atoms with Crippen LogP contribution in [0.5, 0.6) is 0 Å². The van der Waals surface area contributed by atoms with Gasteiger partial charge in [-0.25, -0.2) is 4.79 Å². The van der Waals surface area contributed by atoms with Crippen LogP contribution in [-0.4, -0.2) is 18.0 Å². The molecule has 0 aliphatic rings. The van der Waals surface area contributed by atoms with Gasteiger partial charge in [0, 0.05) is 5.69 Å². The van der Waals surface area contributed by atoms with Gasteiger partial charge in [-0.1, -0.05) is 54.6 Å². The van der Waals surface area contributed by atoms with Gasteiger partial charge in [0.1, 0.15) is 0 Å². The number of nitrogens with one attached hydrogen (secondary N) is 1. The number of ether oxygens (including phenoxy) is 1. The first-order valence-corrected chi connectivity index (χ1v) is 8.11. The summed E-state index contributed by atoms with van der Waals surface area (Å²) >= 11 is 0. The Morgan fingerprint density at radius 1 is 0.920 bits per heavy atom. The molecular weight excluding hydrogens is 314 g/mol. The summed E-state index contributed by atoms with van der Waals surface area (Å²) in [6.07, 6.45) is -0.897. The van der Waals surface area contributed by atoms with Crippen LogP contribution in [-0.2, 0) is 9.53 Å². The first-order valence-electron chi connectivity index (χ1n) is 8.11. The molecule has 0 saturated carbocycles. The summed E-state index contributed by atoms with van der Waals surface area (Å²) in [5.74, 6) is -0.868. The van der Waals surface area contributed by atoms with Crippen LogP contribution in [0.4, 0.5) is 5.69 Å². The molecule has 4 heteroatoms. The van der Waals surface area contributed by atoms with Gasteiger partial charge >= 0.3 is 5.97 Å². The Kier molecular flexibility index (Phi) is 4.80. The molecule has 0 heterocycles.